The molecule has 2 heterocycles. The molecule has 3 aromatic rings. The van der Waals surface area contributed by atoms with Crippen LogP contribution in [0.1, 0.15) is 37.7 Å². The highest BCUT2D eigenvalue weighted by atomic mass is 16.1. The summed E-state index contributed by atoms with van der Waals surface area (Å²) in [7, 11) is 0. The summed E-state index contributed by atoms with van der Waals surface area (Å²) in [4.78, 5) is 17.2. The first-order chi connectivity index (χ1) is 12.2. The molecule has 1 aliphatic rings. The molecule has 0 spiro atoms. The Labute approximate surface area is 147 Å². The van der Waals surface area contributed by atoms with E-state index in [1.807, 2.05) is 41.1 Å². The van der Waals surface area contributed by atoms with Crippen LogP contribution in [0, 0.1) is 12.8 Å². The van der Waals surface area contributed by atoms with E-state index in [-0.39, 0.29) is 11.8 Å². The second-order valence-electron chi connectivity index (χ2n) is 7.00. The normalized spacial score (nSPS) is 15.4. The van der Waals surface area contributed by atoms with E-state index in [1.165, 1.54) is 24.8 Å². The largest absolute Gasteiger partial charge is 0.326 e. The molecule has 0 unspecified atom stereocenters. The summed E-state index contributed by atoms with van der Waals surface area (Å²) in [5.41, 5.74) is 4.91. The quantitative estimate of drug-likeness (QED) is 0.746. The summed E-state index contributed by atoms with van der Waals surface area (Å²) < 4.78 is 2.02. The number of benzene rings is 1. The number of aryl methyl sites for hydroxylation is 1. The number of pyridine rings is 1. The average Bonchev–Trinajstić information content (AvgIpc) is 3.06. The lowest BCUT2D eigenvalue weighted by Crippen LogP contribution is -2.24. The number of carbonyl (C=O) groups excluding carboxylic acids is 1. The van der Waals surface area contributed by atoms with Gasteiger partial charge in [0, 0.05) is 29.6 Å². The van der Waals surface area contributed by atoms with E-state index >= 15 is 0 Å². The van der Waals surface area contributed by atoms with Crippen molar-refractivity contribution in [1.29, 1.82) is 0 Å². The van der Waals surface area contributed by atoms with E-state index in [0.29, 0.717) is 0 Å². The molecule has 0 atom stereocenters. The van der Waals surface area contributed by atoms with Gasteiger partial charge in [-0.05, 0) is 49.6 Å². The van der Waals surface area contributed by atoms with E-state index in [1.54, 1.807) is 0 Å². The van der Waals surface area contributed by atoms with Crippen LogP contribution in [0.2, 0.25) is 0 Å². The third-order valence-electron chi connectivity index (χ3n) is 5.02. The molecule has 1 aromatic carbocycles. The Kier molecular flexibility index (Phi) is 4.26. The molecule has 4 rings (SSSR count). The van der Waals surface area contributed by atoms with Crippen LogP contribution in [0.5, 0.6) is 0 Å². The predicted octanol–water partition coefficient (Wildman–Crippen LogP) is 4.83. The third kappa shape index (κ3) is 3.43. The Balaban J connectivity index is 1.56. The Morgan fingerprint density at radius 1 is 1.16 bits per heavy atom. The Morgan fingerprint density at radius 3 is 2.84 bits per heavy atom. The van der Waals surface area contributed by atoms with Crippen LogP contribution in [-0.2, 0) is 4.79 Å². The standard InChI is InChI=1S/C21H23N3O/c1-15-10-11-24-14-19(23-20(24)12-15)17-8-5-9-18(13-17)22-21(25)16-6-3-2-4-7-16/h5,8-14,16H,2-4,6-7H2,1H3,(H,22,25). The summed E-state index contributed by atoms with van der Waals surface area (Å²) >= 11 is 0. The molecule has 0 saturated heterocycles. The van der Waals surface area contributed by atoms with Crippen molar-refractivity contribution in [2.75, 3.05) is 5.32 Å². The van der Waals surface area contributed by atoms with Crippen LogP contribution in [0.3, 0.4) is 0 Å². The van der Waals surface area contributed by atoms with Gasteiger partial charge in [-0.2, -0.15) is 0 Å². The van der Waals surface area contributed by atoms with Gasteiger partial charge >= 0.3 is 0 Å². The van der Waals surface area contributed by atoms with Gasteiger partial charge in [0.2, 0.25) is 5.91 Å². The molecule has 4 heteroatoms. The molecule has 1 amide bonds. The molecule has 2 aromatic heterocycles. The molecule has 0 aliphatic heterocycles. The number of nitrogens with zero attached hydrogens (tertiary/aromatic N) is 2. The summed E-state index contributed by atoms with van der Waals surface area (Å²) in [5, 5.41) is 3.09. The first-order valence-electron chi connectivity index (χ1n) is 9.06. The van der Waals surface area contributed by atoms with Gasteiger partial charge in [-0.25, -0.2) is 4.98 Å². The van der Waals surface area contributed by atoms with Gasteiger partial charge in [-0.1, -0.05) is 31.4 Å². The highest BCUT2D eigenvalue weighted by Gasteiger charge is 2.21. The molecule has 0 bridgehead atoms. The van der Waals surface area contributed by atoms with Crippen LogP contribution in [0.25, 0.3) is 16.9 Å². The van der Waals surface area contributed by atoms with Gasteiger partial charge in [-0.15, -0.1) is 0 Å². The second kappa shape index (κ2) is 6.71. The second-order valence-corrected chi connectivity index (χ2v) is 7.00. The monoisotopic (exact) mass is 333 g/mol. The van der Waals surface area contributed by atoms with Crippen molar-refractivity contribution >= 4 is 17.2 Å². The maximum Gasteiger partial charge on any atom is 0.227 e. The number of fused-ring (bicyclic) bond motifs is 1. The average molecular weight is 333 g/mol. The topological polar surface area (TPSA) is 46.4 Å². The smallest absolute Gasteiger partial charge is 0.227 e. The van der Waals surface area contributed by atoms with Crippen LogP contribution in [0.15, 0.2) is 48.8 Å². The molecule has 1 saturated carbocycles. The van der Waals surface area contributed by atoms with Gasteiger partial charge in [0.25, 0.3) is 0 Å². The van der Waals surface area contributed by atoms with Crippen molar-refractivity contribution in [2.24, 2.45) is 5.92 Å². The fraction of sp³-hybridized carbons (Fsp3) is 0.333. The van der Waals surface area contributed by atoms with E-state index in [0.717, 1.165) is 35.4 Å². The fourth-order valence-corrected chi connectivity index (χ4v) is 3.59. The highest BCUT2D eigenvalue weighted by Crippen LogP contribution is 2.26. The van der Waals surface area contributed by atoms with Gasteiger partial charge in [0.05, 0.1) is 5.69 Å². The van der Waals surface area contributed by atoms with E-state index in [9.17, 15) is 4.79 Å². The zero-order valence-corrected chi connectivity index (χ0v) is 14.5. The molecule has 1 aliphatic carbocycles. The van der Waals surface area contributed by atoms with Crippen molar-refractivity contribution in [2.45, 2.75) is 39.0 Å². The number of imidazole rings is 1. The van der Waals surface area contributed by atoms with Crippen molar-refractivity contribution in [3.05, 3.63) is 54.4 Å². The molecule has 1 fully saturated rings. The van der Waals surface area contributed by atoms with Crippen molar-refractivity contribution < 1.29 is 4.79 Å². The fourth-order valence-electron chi connectivity index (χ4n) is 3.59. The van der Waals surface area contributed by atoms with Gasteiger partial charge in [0.15, 0.2) is 0 Å². The van der Waals surface area contributed by atoms with Crippen molar-refractivity contribution in [3.63, 3.8) is 0 Å². The maximum absolute atomic E-state index is 12.5. The molecular weight excluding hydrogens is 310 g/mol. The Bertz CT molecular complexity index is 906. The predicted molar refractivity (Wildman–Crippen MR) is 101 cm³/mol. The van der Waals surface area contributed by atoms with Gasteiger partial charge in [-0.3, -0.25) is 4.79 Å². The minimum atomic E-state index is 0.155. The lowest BCUT2D eigenvalue weighted by atomic mass is 9.88. The molecular formula is C21H23N3O. The van der Waals surface area contributed by atoms with Gasteiger partial charge < -0.3 is 9.72 Å². The number of anilines is 1. The first-order valence-corrected chi connectivity index (χ1v) is 9.06. The highest BCUT2D eigenvalue weighted by molar-refractivity contribution is 5.93. The number of hydrogen-bond donors (Lipinski definition) is 1. The van der Waals surface area contributed by atoms with Crippen LogP contribution >= 0.6 is 0 Å². The molecule has 4 nitrogen and oxygen atoms in total. The van der Waals surface area contributed by atoms with Crippen LogP contribution in [0.4, 0.5) is 5.69 Å². The number of nitrogens with one attached hydrogen (secondary N) is 1. The third-order valence-corrected chi connectivity index (χ3v) is 5.02. The van der Waals surface area contributed by atoms with Gasteiger partial charge in [0.1, 0.15) is 5.65 Å². The lowest BCUT2D eigenvalue weighted by molar-refractivity contribution is -0.120. The molecule has 25 heavy (non-hydrogen) atoms. The zero-order valence-electron chi connectivity index (χ0n) is 14.5. The lowest BCUT2D eigenvalue weighted by Gasteiger charge is -2.20. The Morgan fingerprint density at radius 2 is 2.00 bits per heavy atom. The van der Waals surface area contributed by atoms with E-state index < -0.39 is 0 Å². The SMILES string of the molecule is Cc1ccn2cc(-c3cccc(NC(=O)C4CCCCC4)c3)nc2c1. The number of rotatable bonds is 3. The summed E-state index contributed by atoms with van der Waals surface area (Å²) in [6, 6.07) is 12.1. The number of amides is 1. The van der Waals surface area contributed by atoms with E-state index in [4.69, 9.17) is 4.98 Å². The minimum Gasteiger partial charge on any atom is -0.326 e. The number of aromatic nitrogens is 2. The van der Waals surface area contributed by atoms with E-state index in [2.05, 4.69) is 24.4 Å². The van der Waals surface area contributed by atoms with Crippen molar-refractivity contribution in [3.8, 4) is 11.3 Å². The summed E-state index contributed by atoms with van der Waals surface area (Å²) in [5.74, 6) is 0.318. The maximum atomic E-state index is 12.5. The number of hydrogen-bond acceptors (Lipinski definition) is 2. The zero-order chi connectivity index (χ0) is 17.2. The molecule has 128 valence electrons. The summed E-state index contributed by atoms with van der Waals surface area (Å²) in [6.07, 6.45) is 9.66. The van der Waals surface area contributed by atoms with Crippen molar-refractivity contribution in [1.82, 2.24) is 9.38 Å². The summed E-state index contributed by atoms with van der Waals surface area (Å²) in [6.45, 7) is 2.07. The minimum absolute atomic E-state index is 0.155. The first kappa shape index (κ1) is 15.9. The number of carbonyl (C=O) groups is 1. The molecule has 1 N–H and O–H groups in total. The molecule has 0 radical (unpaired) electrons. The van der Waals surface area contributed by atoms with Crippen LogP contribution in [-0.4, -0.2) is 15.3 Å². The Hall–Kier alpha value is -2.62. The van der Waals surface area contributed by atoms with Crippen LogP contribution < -0.4 is 5.32 Å².